The standard InChI is InChI=1S/C14H13BrFNO/c1-9(17)14-12(16)3-2-4-13(14)18-11-7-5-10(15)6-8-11/h2-9H,17H2,1H3/t9-/m0/s1. The fourth-order valence-corrected chi connectivity index (χ4v) is 1.94. The number of ether oxygens (including phenoxy) is 1. The van der Waals surface area contributed by atoms with E-state index >= 15 is 0 Å². The molecule has 2 aromatic rings. The van der Waals surface area contributed by atoms with E-state index < -0.39 is 6.04 Å². The highest BCUT2D eigenvalue weighted by Gasteiger charge is 2.14. The molecule has 1 atom stereocenters. The van der Waals surface area contributed by atoms with Crippen LogP contribution < -0.4 is 10.5 Å². The summed E-state index contributed by atoms with van der Waals surface area (Å²) in [4.78, 5) is 0. The van der Waals surface area contributed by atoms with Gasteiger partial charge in [0.2, 0.25) is 0 Å². The van der Waals surface area contributed by atoms with E-state index in [0.29, 0.717) is 17.1 Å². The number of benzene rings is 2. The predicted molar refractivity (Wildman–Crippen MR) is 73.2 cm³/mol. The first-order valence-corrected chi connectivity index (χ1v) is 6.34. The van der Waals surface area contributed by atoms with Crippen molar-refractivity contribution in [2.24, 2.45) is 5.73 Å². The van der Waals surface area contributed by atoms with Crippen LogP contribution in [0, 0.1) is 5.82 Å². The van der Waals surface area contributed by atoms with Crippen molar-refractivity contribution in [3.8, 4) is 11.5 Å². The maximum atomic E-state index is 13.7. The summed E-state index contributed by atoms with van der Waals surface area (Å²) in [5.41, 5.74) is 6.15. The van der Waals surface area contributed by atoms with E-state index in [2.05, 4.69) is 15.9 Å². The normalized spacial score (nSPS) is 12.2. The van der Waals surface area contributed by atoms with Crippen LogP contribution in [0.4, 0.5) is 4.39 Å². The van der Waals surface area contributed by atoms with Crippen molar-refractivity contribution >= 4 is 15.9 Å². The van der Waals surface area contributed by atoms with Crippen LogP contribution in [0.15, 0.2) is 46.9 Å². The number of rotatable bonds is 3. The van der Waals surface area contributed by atoms with Gasteiger partial charge in [-0.05, 0) is 43.3 Å². The molecule has 0 fully saturated rings. The molecule has 0 spiro atoms. The summed E-state index contributed by atoms with van der Waals surface area (Å²) >= 11 is 3.34. The molecule has 94 valence electrons. The van der Waals surface area contributed by atoms with Crippen molar-refractivity contribution in [2.75, 3.05) is 0 Å². The Bertz CT molecular complexity index is 540. The van der Waals surface area contributed by atoms with E-state index in [1.54, 1.807) is 31.2 Å². The topological polar surface area (TPSA) is 35.2 Å². The lowest BCUT2D eigenvalue weighted by atomic mass is 10.1. The molecule has 0 amide bonds. The second-order valence-corrected chi connectivity index (χ2v) is 4.91. The van der Waals surface area contributed by atoms with Crippen molar-refractivity contribution in [1.82, 2.24) is 0 Å². The molecule has 0 heterocycles. The van der Waals surface area contributed by atoms with E-state index in [0.717, 1.165) is 4.47 Å². The lowest BCUT2D eigenvalue weighted by molar-refractivity contribution is 0.461. The average Bonchev–Trinajstić information content (AvgIpc) is 2.32. The Labute approximate surface area is 114 Å². The summed E-state index contributed by atoms with van der Waals surface area (Å²) in [6.45, 7) is 1.73. The smallest absolute Gasteiger partial charge is 0.135 e. The van der Waals surface area contributed by atoms with Crippen molar-refractivity contribution in [2.45, 2.75) is 13.0 Å². The molecule has 4 heteroatoms. The Kier molecular flexibility index (Phi) is 3.99. The summed E-state index contributed by atoms with van der Waals surface area (Å²) in [7, 11) is 0. The van der Waals surface area contributed by atoms with Crippen LogP contribution in [0.25, 0.3) is 0 Å². The summed E-state index contributed by atoms with van der Waals surface area (Å²) in [6, 6.07) is 11.6. The summed E-state index contributed by atoms with van der Waals surface area (Å²) < 4.78 is 20.3. The largest absolute Gasteiger partial charge is 0.457 e. The zero-order valence-electron chi connectivity index (χ0n) is 9.86. The molecule has 0 aliphatic carbocycles. The molecule has 0 aliphatic rings. The van der Waals surface area contributed by atoms with Gasteiger partial charge in [0, 0.05) is 16.1 Å². The first-order valence-electron chi connectivity index (χ1n) is 5.55. The molecular formula is C14H13BrFNO. The van der Waals surface area contributed by atoms with Crippen LogP contribution in [0.1, 0.15) is 18.5 Å². The first-order chi connectivity index (χ1) is 8.58. The lowest BCUT2D eigenvalue weighted by Gasteiger charge is -2.14. The van der Waals surface area contributed by atoms with Crippen molar-refractivity contribution in [3.05, 3.63) is 58.3 Å². The Balaban J connectivity index is 2.34. The van der Waals surface area contributed by atoms with E-state index in [4.69, 9.17) is 10.5 Å². The van der Waals surface area contributed by atoms with Gasteiger partial charge in [0.05, 0.1) is 0 Å². The highest BCUT2D eigenvalue weighted by molar-refractivity contribution is 9.10. The van der Waals surface area contributed by atoms with E-state index in [-0.39, 0.29) is 5.82 Å². The molecule has 0 radical (unpaired) electrons. The van der Waals surface area contributed by atoms with Gasteiger partial charge in [-0.1, -0.05) is 22.0 Å². The first kappa shape index (κ1) is 13.1. The molecule has 0 bridgehead atoms. The maximum Gasteiger partial charge on any atom is 0.135 e. The Morgan fingerprint density at radius 2 is 1.83 bits per heavy atom. The number of hydrogen-bond acceptors (Lipinski definition) is 2. The minimum Gasteiger partial charge on any atom is -0.457 e. The predicted octanol–water partition coefficient (Wildman–Crippen LogP) is 4.40. The van der Waals surface area contributed by atoms with Crippen LogP contribution in [-0.4, -0.2) is 0 Å². The molecule has 2 aromatic carbocycles. The van der Waals surface area contributed by atoms with Gasteiger partial charge in [-0.2, -0.15) is 0 Å². The van der Waals surface area contributed by atoms with Crippen LogP contribution in [0.5, 0.6) is 11.5 Å². The minimum absolute atomic E-state index is 0.348. The SMILES string of the molecule is C[C@H](N)c1c(F)cccc1Oc1ccc(Br)cc1. The van der Waals surface area contributed by atoms with E-state index in [1.807, 2.05) is 12.1 Å². The number of hydrogen-bond donors (Lipinski definition) is 1. The monoisotopic (exact) mass is 309 g/mol. The zero-order valence-corrected chi connectivity index (χ0v) is 11.4. The number of halogens is 2. The Morgan fingerprint density at radius 1 is 1.17 bits per heavy atom. The van der Waals surface area contributed by atoms with Crippen molar-refractivity contribution < 1.29 is 9.13 Å². The van der Waals surface area contributed by atoms with Crippen LogP contribution in [-0.2, 0) is 0 Å². The second-order valence-electron chi connectivity index (χ2n) is 4.00. The molecule has 0 saturated heterocycles. The minimum atomic E-state index is -0.420. The van der Waals surface area contributed by atoms with Gasteiger partial charge in [0.25, 0.3) is 0 Å². The van der Waals surface area contributed by atoms with E-state index in [1.165, 1.54) is 6.07 Å². The fraction of sp³-hybridized carbons (Fsp3) is 0.143. The third kappa shape index (κ3) is 2.89. The van der Waals surface area contributed by atoms with Gasteiger partial charge in [-0.15, -0.1) is 0 Å². The van der Waals surface area contributed by atoms with Gasteiger partial charge in [-0.3, -0.25) is 0 Å². The average molecular weight is 310 g/mol. The highest BCUT2D eigenvalue weighted by atomic mass is 79.9. The molecule has 18 heavy (non-hydrogen) atoms. The van der Waals surface area contributed by atoms with Crippen molar-refractivity contribution in [1.29, 1.82) is 0 Å². The van der Waals surface area contributed by atoms with Gasteiger partial charge >= 0.3 is 0 Å². The van der Waals surface area contributed by atoms with Gasteiger partial charge in [0.1, 0.15) is 17.3 Å². The van der Waals surface area contributed by atoms with Crippen molar-refractivity contribution in [3.63, 3.8) is 0 Å². The second kappa shape index (κ2) is 5.50. The van der Waals surface area contributed by atoms with Gasteiger partial charge < -0.3 is 10.5 Å². The molecule has 0 saturated carbocycles. The highest BCUT2D eigenvalue weighted by Crippen LogP contribution is 2.31. The Morgan fingerprint density at radius 3 is 2.44 bits per heavy atom. The third-order valence-corrected chi connectivity index (χ3v) is 3.04. The summed E-state index contributed by atoms with van der Waals surface area (Å²) in [5.74, 6) is 0.748. The molecule has 0 aliphatic heterocycles. The van der Waals surface area contributed by atoms with Crippen LogP contribution in [0.3, 0.4) is 0 Å². The molecule has 2 N–H and O–H groups in total. The lowest BCUT2D eigenvalue weighted by Crippen LogP contribution is -2.09. The summed E-state index contributed by atoms with van der Waals surface area (Å²) in [6.07, 6.45) is 0. The fourth-order valence-electron chi connectivity index (χ4n) is 1.68. The zero-order chi connectivity index (χ0) is 13.1. The quantitative estimate of drug-likeness (QED) is 0.912. The molecule has 2 nitrogen and oxygen atoms in total. The molecular weight excluding hydrogens is 297 g/mol. The summed E-state index contributed by atoms with van der Waals surface area (Å²) in [5, 5.41) is 0. The Hall–Kier alpha value is -1.39. The van der Waals surface area contributed by atoms with Gasteiger partial charge in [-0.25, -0.2) is 4.39 Å². The maximum absolute atomic E-state index is 13.7. The molecule has 0 unspecified atom stereocenters. The van der Waals surface area contributed by atoms with Crippen LogP contribution >= 0.6 is 15.9 Å². The molecule has 2 rings (SSSR count). The van der Waals surface area contributed by atoms with Gasteiger partial charge in [0.15, 0.2) is 0 Å². The number of nitrogens with two attached hydrogens (primary N) is 1. The molecule has 0 aromatic heterocycles. The van der Waals surface area contributed by atoms with Crippen LogP contribution in [0.2, 0.25) is 0 Å². The third-order valence-electron chi connectivity index (χ3n) is 2.51. The van der Waals surface area contributed by atoms with E-state index in [9.17, 15) is 4.39 Å².